The summed E-state index contributed by atoms with van der Waals surface area (Å²) in [6, 6.07) is 8.95. The zero-order valence-electron chi connectivity index (χ0n) is 11.4. The Labute approximate surface area is 131 Å². The molecule has 0 radical (unpaired) electrons. The highest BCUT2D eigenvalue weighted by molar-refractivity contribution is 6.36. The van der Waals surface area contributed by atoms with Gasteiger partial charge in [-0.2, -0.15) is 0 Å². The van der Waals surface area contributed by atoms with Gasteiger partial charge in [0, 0.05) is 22.7 Å². The van der Waals surface area contributed by atoms with Gasteiger partial charge >= 0.3 is 0 Å². The van der Waals surface area contributed by atoms with Gasteiger partial charge in [0.15, 0.2) is 11.5 Å². The number of methoxy groups -OCH3 is 2. The highest BCUT2D eigenvalue weighted by Crippen LogP contribution is 2.34. The molecule has 1 aromatic heterocycles. The van der Waals surface area contributed by atoms with Crippen molar-refractivity contribution in [2.75, 3.05) is 14.2 Å². The van der Waals surface area contributed by atoms with E-state index in [1.807, 2.05) is 18.2 Å². The average Bonchev–Trinajstić information content (AvgIpc) is 2.87. The number of benzene rings is 2. The van der Waals surface area contributed by atoms with E-state index in [2.05, 4.69) is 9.97 Å². The Hall–Kier alpha value is -1.91. The summed E-state index contributed by atoms with van der Waals surface area (Å²) < 4.78 is 10.6. The molecular formula is C15H12Cl2N2O2. The fourth-order valence-electron chi connectivity index (χ4n) is 2.15. The van der Waals surface area contributed by atoms with Crippen molar-refractivity contribution >= 4 is 34.2 Å². The van der Waals surface area contributed by atoms with Crippen LogP contribution >= 0.6 is 23.2 Å². The molecule has 0 atom stereocenters. The van der Waals surface area contributed by atoms with Crippen molar-refractivity contribution in [1.29, 1.82) is 0 Å². The molecule has 1 heterocycles. The van der Waals surface area contributed by atoms with Crippen molar-refractivity contribution in [3.8, 4) is 22.9 Å². The molecule has 0 aliphatic heterocycles. The van der Waals surface area contributed by atoms with Crippen LogP contribution in [0, 0.1) is 0 Å². The number of aromatic amines is 1. The standard InChI is InChI=1S/C15H12Cl2N2O2/c1-20-13-6-11-12(7-14(13)21-2)19-15(18-11)9-4-3-8(16)5-10(9)17/h3-7H,1-2H3,(H,18,19). The monoisotopic (exact) mass is 322 g/mol. The number of aromatic nitrogens is 2. The lowest BCUT2D eigenvalue weighted by atomic mass is 10.2. The van der Waals surface area contributed by atoms with E-state index in [4.69, 9.17) is 32.7 Å². The van der Waals surface area contributed by atoms with Crippen molar-refractivity contribution in [1.82, 2.24) is 9.97 Å². The number of rotatable bonds is 3. The second-order valence-electron chi connectivity index (χ2n) is 4.43. The highest BCUT2D eigenvalue weighted by atomic mass is 35.5. The Morgan fingerprint density at radius 1 is 1.00 bits per heavy atom. The number of fused-ring (bicyclic) bond motifs is 1. The minimum Gasteiger partial charge on any atom is -0.493 e. The zero-order chi connectivity index (χ0) is 15.0. The quantitative estimate of drug-likeness (QED) is 0.769. The average molecular weight is 323 g/mol. The summed E-state index contributed by atoms with van der Waals surface area (Å²) in [5.41, 5.74) is 2.40. The molecule has 0 aliphatic rings. The fourth-order valence-corrected chi connectivity index (χ4v) is 2.64. The Bertz CT molecular complexity index is 774. The number of H-pyrrole nitrogens is 1. The molecule has 0 unspecified atom stereocenters. The van der Waals surface area contributed by atoms with Gasteiger partial charge in [-0.05, 0) is 18.2 Å². The topological polar surface area (TPSA) is 47.1 Å². The van der Waals surface area contributed by atoms with Crippen molar-refractivity contribution in [3.05, 3.63) is 40.4 Å². The Balaban J connectivity index is 2.16. The van der Waals surface area contributed by atoms with Crippen molar-refractivity contribution < 1.29 is 9.47 Å². The first-order valence-electron chi connectivity index (χ1n) is 6.19. The van der Waals surface area contributed by atoms with Crippen LogP contribution in [0.5, 0.6) is 11.5 Å². The van der Waals surface area contributed by atoms with Crippen LogP contribution in [0.4, 0.5) is 0 Å². The summed E-state index contributed by atoms with van der Waals surface area (Å²) in [5, 5.41) is 1.13. The van der Waals surface area contributed by atoms with Gasteiger partial charge in [-0.3, -0.25) is 0 Å². The molecule has 0 saturated carbocycles. The number of imidazole rings is 1. The van der Waals surface area contributed by atoms with Gasteiger partial charge in [0.2, 0.25) is 0 Å². The lowest BCUT2D eigenvalue weighted by molar-refractivity contribution is 0.356. The molecule has 0 fully saturated rings. The van der Waals surface area contributed by atoms with Gasteiger partial charge in [-0.15, -0.1) is 0 Å². The lowest BCUT2D eigenvalue weighted by Gasteiger charge is -2.06. The first-order chi connectivity index (χ1) is 10.1. The summed E-state index contributed by atoms with van der Waals surface area (Å²) >= 11 is 12.1. The summed E-state index contributed by atoms with van der Waals surface area (Å²) in [7, 11) is 3.18. The SMILES string of the molecule is COc1cc2nc(-c3ccc(Cl)cc3Cl)[nH]c2cc1OC. The summed E-state index contributed by atoms with van der Waals surface area (Å²) in [4.78, 5) is 7.76. The molecule has 2 aromatic carbocycles. The molecule has 1 N–H and O–H groups in total. The van der Waals surface area contributed by atoms with Crippen LogP contribution in [0.15, 0.2) is 30.3 Å². The van der Waals surface area contributed by atoms with E-state index in [0.717, 1.165) is 16.6 Å². The van der Waals surface area contributed by atoms with Gasteiger partial charge in [0.1, 0.15) is 5.82 Å². The number of nitrogens with zero attached hydrogens (tertiary/aromatic N) is 1. The second-order valence-corrected chi connectivity index (χ2v) is 5.28. The first-order valence-corrected chi connectivity index (χ1v) is 6.95. The number of nitrogens with one attached hydrogen (secondary N) is 1. The molecule has 108 valence electrons. The third-order valence-corrected chi connectivity index (χ3v) is 3.72. The normalized spacial score (nSPS) is 10.9. The summed E-state index contributed by atoms with van der Waals surface area (Å²) in [6.45, 7) is 0. The van der Waals surface area contributed by atoms with Crippen LogP contribution in [0.2, 0.25) is 10.0 Å². The molecular weight excluding hydrogens is 311 g/mol. The highest BCUT2D eigenvalue weighted by Gasteiger charge is 2.13. The first kappa shape index (κ1) is 14.0. The largest absolute Gasteiger partial charge is 0.493 e. The third-order valence-electron chi connectivity index (χ3n) is 3.17. The Morgan fingerprint density at radius 3 is 2.38 bits per heavy atom. The number of halogens is 2. The maximum atomic E-state index is 6.21. The van der Waals surface area contributed by atoms with Crippen LogP contribution in [-0.2, 0) is 0 Å². The molecule has 0 aliphatic carbocycles. The predicted octanol–water partition coefficient (Wildman–Crippen LogP) is 4.55. The molecule has 6 heteroatoms. The van der Waals surface area contributed by atoms with E-state index in [9.17, 15) is 0 Å². The molecule has 0 bridgehead atoms. The predicted molar refractivity (Wildman–Crippen MR) is 84.7 cm³/mol. The van der Waals surface area contributed by atoms with Gasteiger partial charge in [-0.25, -0.2) is 4.98 Å². The summed E-state index contributed by atoms with van der Waals surface area (Å²) in [5.74, 6) is 1.94. The zero-order valence-corrected chi connectivity index (χ0v) is 12.9. The van der Waals surface area contributed by atoms with Crippen LogP contribution in [0.25, 0.3) is 22.4 Å². The molecule has 0 spiro atoms. The second kappa shape index (κ2) is 5.47. The van der Waals surface area contributed by atoms with Gasteiger partial charge in [-0.1, -0.05) is 23.2 Å². The minimum atomic E-state index is 0.542. The van der Waals surface area contributed by atoms with Gasteiger partial charge < -0.3 is 14.5 Å². The molecule has 21 heavy (non-hydrogen) atoms. The van der Waals surface area contributed by atoms with E-state index in [1.54, 1.807) is 26.4 Å². The van der Waals surface area contributed by atoms with Crippen LogP contribution < -0.4 is 9.47 Å². The van der Waals surface area contributed by atoms with Crippen LogP contribution in [-0.4, -0.2) is 24.2 Å². The van der Waals surface area contributed by atoms with E-state index >= 15 is 0 Å². The van der Waals surface area contributed by atoms with Crippen molar-refractivity contribution in [3.63, 3.8) is 0 Å². The maximum Gasteiger partial charge on any atom is 0.163 e. The minimum absolute atomic E-state index is 0.542. The summed E-state index contributed by atoms with van der Waals surface area (Å²) in [6.07, 6.45) is 0. The maximum absolute atomic E-state index is 6.21. The van der Waals surface area contributed by atoms with Crippen molar-refractivity contribution in [2.24, 2.45) is 0 Å². The molecule has 3 rings (SSSR count). The Kier molecular flexibility index (Phi) is 3.66. The van der Waals surface area contributed by atoms with E-state index < -0.39 is 0 Å². The molecule has 0 saturated heterocycles. The van der Waals surface area contributed by atoms with E-state index in [-0.39, 0.29) is 0 Å². The molecule has 3 aromatic rings. The Morgan fingerprint density at radius 2 is 1.71 bits per heavy atom. The molecule has 4 nitrogen and oxygen atoms in total. The van der Waals surface area contributed by atoms with Crippen LogP contribution in [0.1, 0.15) is 0 Å². The lowest BCUT2D eigenvalue weighted by Crippen LogP contribution is -1.89. The van der Waals surface area contributed by atoms with Crippen molar-refractivity contribution in [2.45, 2.75) is 0 Å². The van der Waals surface area contributed by atoms with Gasteiger partial charge in [0.05, 0.1) is 30.3 Å². The van der Waals surface area contributed by atoms with E-state index in [1.165, 1.54) is 0 Å². The van der Waals surface area contributed by atoms with Gasteiger partial charge in [0.25, 0.3) is 0 Å². The smallest absolute Gasteiger partial charge is 0.163 e. The van der Waals surface area contributed by atoms with E-state index in [0.29, 0.717) is 27.4 Å². The van der Waals surface area contributed by atoms with Crippen LogP contribution in [0.3, 0.4) is 0 Å². The fraction of sp³-hybridized carbons (Fsp3) is 0.133. The molecule has 0 amide bonds. The number of hydrogen-bond donors (Lipinski definition) is 1. The third kappa shape index (κ3) is 2.52. The number of ether oxygens (including phenoxy) is 2. The number of hydrogen-bond acceptors (Lipinski definition) is 3.